The lowest BCUT2D eigenvalue weighted by Gasteiger charge is -2.23. The highest BCUT2D eigenvalue weighted by Crippen LogP contribution is 2.35. The quantitative estimate of drug-likeness (QED) is 0.705. The zero-order valence-electron chi connectivity index (χ0n) is 12.4. The summed E-state index contributed by atoms with van der Waals surface area (Å²) in [5.74, 6) is -0.397. The standard InChI is InChI=1S/C16H18NO5P/c18-15-8-4-7-14(11-15)17(12-13-5-2-1-3-6-13)16(19)9-10-23(20,21)22/h1-8,11,18H,9-10,12H2,(H2,20,21,22). The van der Waals surface area contributed by atoms with Gasteiger partial charge in [-0.2, -0.15) is 0 Å². The molecule has 2 rings (SSSR count). The molecule has 7 heteroatoms. The van der Waals surface area contributed by atoms with Crippen LogP contribution >= 0.6 is 7.60 Å². The molecule has 3 N–H and O–H groups in total. The maximum absolute atomic E-state index is 12.4. The Morgan fingerprint density at radius 2 is 1.74 bits per heavy atom. The van der Waals surface area contributed by atoms with Crippen LogP contribution in [0.25, 0.3) is 0 Å². The lowest BCUT2D eigenvalue weighted by Crippen LogP contribution is -2.30. The first-order valence-electron chi connectivity index (χ1n) is 7.03. The van der Waals surface area contributed by atoms with Gasteiger partial charge in [0.2, 0.25) is 5.91 Å². The van der Waals surface area contributed by atoms with Gasteiger partial charge in [0.1, 0.15) is 5.75 Å². The Morgan fingerprint density at radius 1 is 1.04 bits per heavy atom. The summed E-state index contributed by atoms with van der Waals surface area (Å²) in [7, 11) is -4.24. The number of benzene rings is 2. The minimum absolute atomic E-state index is 0.0170. The van der Waals surface area contributed by atoms with Crippen LogP contribution in [0.5, 0.6) is 5.75 Å². The highest BCUT2D eigenvalue weighted by atomic mass is 31.2. The zero-order chi connectivity index (χ0) is 16.9. The van der Waals surface area contributed by atoms with Crippen molar-refractivity contribution in [1.29, 1.82) is 0 Å². The van der Waals surface area contributed by atoms with Gasteiger partial charge in [-0.15, -0.1) is 0 Å². The monoisotopic (exact) mass is 335 g/mol. The van der Waals surface area contributed by atoms with E-state index in [0.29, 0.717) is 5.69 Å². The molecule has 0 radical (unpaired) electrons. The average molecular weight is 335 g/mol. The van der Waals surface area contributed by atoms with Crippen molar-refractivity contribution in [3.63, 3.8) is 0 Å². The fraction of sp³-hybridized carbons (Fsp3) is 0.188. The second kappa shape index (κ2) is 7.42. The number of phenolic OH excluding ortho intramolecular Hbond substituents is 1. The molecule has 0 heterocycles. The van der Waals surface area contributed by atoms with E-state index in [9.17, 15) is 14.5 Å². The molecular formula is C16H18NO5P. The van der Waals surface area contributed by atoms with Gasteiger partial charge >= 0.3 is 7.60 Å². The predicted molar refractivity (Wildman–Crippen MR) is 87.3 cm³/mol. The normalized spacial score (nSPS) is 11.2. The van der Waals surface area contributed by atoms with Crippen LogP contribution in [0, 0.1) is 0 Å². The van der Waals surface area contributed by atoms with Gasteiger partial charge < -0.3 is 19.8 Å². The molecule has 6 nitrogen and oxygen atoms in total. The van der Waals surface area contributed by atoms with Crippen molar-refractivity contribution >= 4 is 19.2 Å². The number of anilines is 1. The molecule has 122 valence electrons. The lowest BCUT2D eigenvalue weighted by molar-refractivity contribution is -0.118. The second-order valence-electron chi connectivity index (χ2n) is 5.12. The number of hydrogen-bond acceptors (Lipinski definition) is 3. The summed E-state index contributed by atoms with van der Waals surface area (Å²) >= 11 is 0. The Kier molecular flexibility index (Phi) is 5.55. The van der Waals surface area contributed by atoms with Crippen molar-refractivity contribution < 1.29 is 24.3 Å². The first kappa shape index (κ1) is 17.2. The molecule has 0 aromatic heterocycles. The molecule has 2 aromatic rings. The molecular weight excluding hydrogens is 317 g/mol. The van der Waals surface area contributed by atoms with Gasteiger partial charge in [0.05, 0.1) is 12.7 Å². The van der Waals surface area contributed by atoms with Gasteiger partial charge in [-0.05, 0) is 17.7 Å². The molecule has 0 aliphatic rings. The Labute approximate surface area is 134 Å². The zero-order valence-corrected chi connectivity index (χ0v) is 13.3. The van der Waals surface area contributed by atoms with E-state index in [1.54, 1.807) is 12.1 Å². The van der Waals surface area contributed by atoms with Gasteiger partial charge in [0.25, 0.3) is 0 Å². The van der Waals surface area contributed by atoms with Crippen LogP contribution in [-0.2, 0) is 15.9 Å². The van der Waals surface area contributed by atoms with E-state index in [0.717, 1.165) is 5.56 Å². The predicted octanol–water partition coefficient (Wildman–Crippen LogP) is 2.49. The summed E-state index contributed by atoms with van der Waals surface area (Å²) in [6, 6.07) is 15.5. The number of rotatable bonds is 6. The van der Waals surface area contributed by atoms with Crippen molar-refractivity contribution in [2.24, 2.45) is 0 Å². The van der Waals surface area contributed by atoms with Crippen molar-refractivity contribution in [3.8, 4) is 5.75 Å². The summed E-state index contributed by atoms with van der Waals surface area (Å²) in [4.78, 5) is 31.7. The molecule has 1 amide bonds. The van der Waals surface area contributed by atoms with Crippen molar-refractivity contribution in [3.05, 3.63) is 60.2 Å². The number of carbonyl (C=O) groups is 1. The van der Waals surface area contributed by atoms with Crippen LogP contribution in [0.4, 0.5) is 5.69 Å². The molecule has 0 atom stereocenters. The van der Waals surface area contributed by atoms with Crippen molar-refractivity contribution in [2.75, 3.05) is 11.1 Å². The molecule has 0 fully saturated rings. The molecule has 2 aromatic carbocycles. The first-order chi connectivity index (χ1) is 10.8. The van der Waals surface area contributed by atoms with Crippen LogP contribution in [0.15, 0.2) is 54.6 Å². The van der Waals surface area contributed by atoms with E-state index in [2.05, 4.69) is 0 Å². The van der Waals surface area contributed by atoms with Gasteiger partial charge in [0.15, 0.2) is 0 Å². The lowest BCUT2D eigenvalue weighted by atomic mass is 10.2. The van der Waals surface area contributed by atoms with Crippen LogP contribution in [-0.4, -0.2) is 27.0 Å². The van der Waals surface area contributed by atoms with E-state index in [1.165, 1.54) is 17.0 Å². The highest BCUT2D eigenvalue weighted by Gasteiger charge is 2.21. The maximum atomic E-state index is 12.4. The average Bonchev–Trinajstić information content (AvgIpc) is 2.50. The topological polar surface area (TPSA) is 98.1 Å². The Bertz CT molecular complexity index is 713. The minimum atomic E-state index is -4.24. The SMILES string of the molecule is O=C(CCP(=O)(O)O)N(Cc1ccccc1)c1cccc(O)c1. The van der Waals surface area contributed by atoms with E-state index in [4.69, 9.17) is 9.79 Å². The van der Waals surface area contributed by atoms with Gasteiger partial charge in [-0.1, -0.05) is 36.4 Å². The van der Waals surface area contributed by atoms with E-state index in [1.807, 2.05) is 30.3 Å². The van der Waals surface area contributed by atoms with Crippen molar-refractivity contribution in [2.45, 2.75) is 13.0 Å². The number of hydrogen-bond donors (Lipinski definition) is 3. The van der Waals surface area contributed by atoms with E-state index >= 15 is 0 Å². The molecule has 0 bridgehead atoms. The summed E-state index contributed by atoms with van der Waals surface area (Å²) < 4.78 is 11.0. The summed E-state index contributed by atoms with van der Waals surface area (Å²) in [5, 5.41) is 9.61. The smallest absolute Gasteiger partial charge is 0.326 e. The molecule has 0 unspecified atom stereocenters. The fourth-order valence-corrected chi connectivity index (χ4v) is 2.61. The minimum Gasteiger partial charge on any atom is -0.508 e. The first-order valence-corrected chi connectivity index (χ1v) is 8.83. The molecule has 0 aliphatic carbocycles. The van der Waals surface area contributed by atoms with E-state index in [-0.39, 0.29) is 18.7 Å². The largest absolute Gasteiger partial charge is 0.508 e. The number of amides is 1. The van der Waals surface area contributed by atoms with Gasteiger partial charge in [-0.25, -0.2) is 0 Å². The fourth-order valence-electron chi connectivity index (χ4n) is 2.13. The van der Waals surface area contributed by atoms with Crippen LogP contribution in [0.2, 0.25) is 0 Å². The number of aromatic hydroxyl groups is 1. The Morgan fingerprint density at radius 3 is 2.35 bits per heavy atom. The number of phenols is 1. The summed E-state index contributed by atoms with van der Waals surface area (Å²) in [6.07, 6.45) is -0.775. The third kappa shape index (κ3) is 5.53. The van der Waals surface area contributed by atoms with Crippen LogP contribution < -0.4 is 4.90 Å². The summed E-state index contributed by atoms with van der Waals surface area (Å²) in [6.45, 7) is 0.254. The van der Waals surface area contributed by atoms with Gasteiger partial charge in [0, 0.05) is 18.2 Å². The van der Waals surface area contributed by atoms with Crippen molar-refractivity contribution in [1.82, 2.24) is 0 Å². The second-order valence-corrected chi connectivity index (χ2v) is 6.90. The third-order valence-electron chi connectivity index (χ3n) is 3.24. The Hall–Kier alpha value is -2.14. The highest BCUT2D eigenvalue weighted by molar-refractivity contribution is 7.51. The van der Waals surface area contributed by atoms with Crippen LogP contribution in [0.3, 0.4) is 0 Å². The van der Waals surface area contributed by atoms with E-state index < -0.39 is 19.7 Å². The maximum Gasteiger partial charge on any atom is 0.326 e. The molecule has 23 heavy (non-hydrogen) atoms. The molecule has 0 saturated carbocycles. The molecule has 0 spiro atoms. The van der Waals surface area contributed by atoms with Crippen LogP contribution in [0.1, 0.15) is 12.0 Å². The molecule has 0 saturated heterocycles. The summed E-state index contributed by atoms with van der Waals surface area (Å²) in [5.41, 5.74) is 1.35. The van der Waals surface area contributed by atoms with Gasteiger partial charge in [-0.3, -0.25) is 9.36 Å². The number of carbonyl (C=O) groups excluding carboxylic acids is 1. The molecule has 0 aliphatic heterocycles. The Balaban J connectivity index is 2.24. The third-order valence-corrected chi connectivity index (χ3v) is 4.05. The number of nitrogens with zero attached hydrogens (tertiary/aromatic N) is 1.